The smallest absolute Gasteiger partial charge is 0.369 e. The SMILES string of the molecule is O=C1c2ccccc2C(=O)N1CCCCN1CCN(c2ccc([N+](=O)[O-])c(C(F)(F)F)c2)CC1. The van der Waals surface area contributed by atoms with Crippen molar-refractivity contribution >= 4 is 23.2 Å². The zero-order valence-corrected chi connectivity index (χ0v) is 18.3. The van der Waals surface area contributed by atoms with Crippen molar-refractivity contribution in [3.8, 4) is 0 Å². The molecule has 2 aromatic rings. The molecule has 180 valence electrons. The molecule has 0 N–H and O–H groups in total. The largest absolute Gasteiger partial charge is 0.423 e. The van der Waals surface area contributed by atoms with Crippen molar-refractivity contribution in [2.24, 2.45) is 0 Å². The van der Waals surface area contributed by atoms with Gasteiger partial charge < -0.3 is 4.90 Å². The summed E-state index contributed by atoms with van der Waals surface area (Å²) in [4.78, 5) is 40.0. The Hall–Kier alpha value is -3.47. The van der Waals surface area contributed by atoms with Crippen molar-refractivity contribution < 1.29 is 27.7 Å². The minimum atomic E-state index is -4.81. The van der Waals surface area contributed by atoms with E-state index in [1.165, 1.54) is 11.0 Å². The molecule has 0 atom stereocenters. The average molecular weight is 476 g/mol. The number of nitro benzene ring substituents is 1. The standard InChI is InChI=1S/C23H23F3N4O4/c24-23(25,26)19-15-16(7-8-20(19)30(33)34)28-13-11-27(12-14-28)9-3-4-10-29-21(31)17-5-1-2-6-18(17)22(29)32/h1-2,5-8,15H,3-4,9-14H2. The molecule has 2 amide bonds. The topological polar surface area (TPSA) is 87.0 Å². The first-order chi connectivity index (χ1) is 16.2. The lowest BCUT2D eigenvalue weighted by Gasteiger charge is -2.36. The Bertz CT molecular complexity index is 1080. The molecule has 34 heavy (non-hydrogen) atoms. The van der Waals surface area contributed by atoms with E-state index in [2.05, 4.69) is 4.90 Å². The van der Waals surface area contributed by atoms with E-state index in [4.69, 9.17) is 0 Å². The molecule has 8 nitrogen and oxygen atoms in total. The highest BCUT2D eigenvalue weighted by molar-refractivity contribution is 6.21. The molecule has 1 saturated heterocycles. The maximum atomic E-state index is 13.3. The number of anilines is 1. The van der Waals surface area contributed by atoms with Crippen LogP contribution >= 0.6 is 0 Å². The number of imide groups is 1. The van der Waals surface area contributed by atoms with Crippen LogP contribution in [0.4, 0.5) is 24.5 Å². The summed E-state index contributed by atoms with van der Waals surface area (Å²) in [6.45, 7) is 3.33. The maximum Gasteiger partial charge on any atom is 0.423 e. The summed E-state index contributed by atoms with van der Waals surface area (Å²) in [7, 11) is 0. The lowest BCUT2D eigenvalue weighted by Crippen LogP contribution is -2.46. The summed E-state index contributed by atoms with van der Waals surface area (Å²) in [5, 5.41) is 10.9. The number of rotatable bonds is 7. The maximum absolute atomic E-state index is 13.3. The van der Waals surface area contributed by atoms with Crippen LogP contribution in [0.25, 0.3) is 0 Å². The van der Waals surface area contributed by atoms with Crippen LogP contribution in [0.1, 0.15) is 39.1 Å². The molecule has 1 fully saturated rings. The van der Waals surface area contributed by atoms with Crippen LogP contribution in [0.3, 0.4) is 0 Å². The van der Waals surface area contributed by atoms with Crippen LogP contribution < -0.4 is 4.90 Å². The van der Waals surface area contributed by atoms with Gasteiger partial charge in [-0.3, -0.25) is 29.5 Å². The molecule has 11 heteroatoms. The van der Waals surface area contributed by atoms with E-state index in [9.17, 15) is 32.9 Å². The quantitative estimate of drug-likeness (QED) is 0.261. The number of hydrogen-bond donors (Lipinski definition) is 0. The molecule has 0 bridgehead atoms. The van der Waals surface area contributed by atoms with Crippen LogP contribution in [-0.4, -0.2) is 65.8 Å². The Morgan fingerprint density at radius 3 is 2.03 bits per heavy atom. The predicted octanol–water partition coefficient (Wildman–Crippen LogP) is 3.81. The number of halogens is 3. The molecule has 2 aliphatic heterocycles. The minimum Gasteiger partial charge on any atom is -0.369 e. The van der Waals surface area contributed by atoms with Gasteiger partial charge in [0.2, 0.25) is 0 Å². The van der Waals surface area contributed by atoms with Crippen molar-refractivity contribution in [3.05, 3.63) is 69.3 Å². The zero-order chi connectivity index (χ0) is 24.5. The van der Waals surface area contributed by atoms with Gasteiger partial charge in [0.1, 0.15) is 5.56 Å². The Labute approximate surface area is 193 Å². The van der Waals surface area contributed by atoms with E-state index in [1.807, 2.05) is 0 Å². The summed E-state index contributed by atoms with van der Waals surface area (Å²) >= 11 is 0. The van der Waals surface area contributed by atoms with Gasteiger partial charge in [0.15, 0.2) is 0 Å². The Morgan fingerprint density at radius 2 is 1.47 bits per heavy atom. The average Bonchev–Trinajstić information content (AvgIpc) is 3.06. The van der Waals surface area contributed by atoms with Gasteiger partial charge in [-0.1, -0.05) is 12.1 Å². The second-order valence-corrected chi connectivity index (χ2v) is 8.30. The summed E-state index contributed by atoms with van der Waals surface area (Å²) < 4.78 is 39.8. The number of unbranched alkanes of at least 4 members (excludes halogenated alkanes) is 1. The number of benzene rings is 2. The number of carbonyl (C=O) groups excluding carboxylic acids is 2. The lowest BCUT2D eigenvalue weighted by atomic mass is 10.1. The monoisotopic (exact) mass is 476 g/mol. The molecule has 2 aliphatic rings. The fraction of sp³-hybridized carbons (Fsp3) is 0.391. The molecular weight excluding hydrogens is 453 g/mol. The zero-order valence-electron chi connectivity index (χ0n) is 18.3. The summed E-state index contributed by atoms with van der Waals surface area (Å²) in [6.07, 6.45) is -3.38. The number of nitro groups is 1. The summed E-state index contributed by atoms with van der Waals surface area (Å²) in [5.41, 5.74) is -1.02. The van der Waals surface area contributed by atoms with Crippen molar-refractivity contribution in [1.82, 2.24) is 9.80 Å². The molecule has 0 aromatic heterocycles. The first-order valence-electron chi connectivity index (χ1n) is 10.9. The van der Waals surface area contributed by atoms with Gasteiger partial charge in [-0.15, -0.1) is 0 Å². The van der Waals surface area contributed by atoms with E-state index >= 15 is 0 Å². The van der Waals surface area contributed by atoms with Crippen molar-refractivity contribution in [2.45, 2.75) is 19.0 Å². The number of carbonyl (C=O) groups is 2. The van der Waals surface area contributed by atoms with E-state index in [0.29, 0.717) is 56.0 Å². The third-order valence-electron chi connectivity index (χ3n) is 6.20. The van der Waals surface area contributed by atoms with Gasteiger partial charge in [-0.2, -0.15) is 13.2 Å². The van der Waals surface area contributed by atoms with Gasteiger partial charge in [-0.05, 0) is 43.7 Å². The third kappa shape index (κ3) is 4.74. The van der Waals surface area contributed by atoms with Crippen LogP contribution in [0.2, 0.25) is 0 Å². The lowest BCUT2D eigenvalue weighted by molar-refractivity contribution is -0.388. The molecule has 0 saturated carbocycles. The highest BCUT2D eigenvalue weighted by atomic mass is 19.4. The van der Waals surface area contributed by atoms with E-state index in [1.54, 1.807) is 29.2 Å². The molecule has 0 radical (unpaired) electrons. The fourth-order valence-electron chi connectivity index (χ4n) is 4.38. The fourth-order valence-corrected chi connectivity index (χ4v) is 4.38. The molecule has 0 aliphatic carbocycles. The van der Waals surface area contributed by atoms with Gasteiger partial charge >= 0.3 is 6.18 Å². The van der Waals surface area contributed by atoms with Gasteiger partial charge in [0.25, 0.3) is 17.5 Å². The molecule has 0 unspecified atom stereocenters. The van der Waals surface area contributed by atoms with E-state index < -0.39 is 22.4 Å². The number of hydrogen-bond acceptors (Lipinski definition) is 6. The summed E-state index contributed by atoms with van der Waals surface area (Å²) in [5.74, 6) is -0.536. The van der Waals surface area contributed by atoms with Gasteiger partial charge in [0.05, 0.1) is 16.1 Å². The van der Waals surface area contributed by atoms with Crippen LogP contribution in [0.15, 0.2) is 42.5 Å². The molecular formula is C23H23F3N4O4. The number of nitrogens with zero attached hydrogens (tertiary/aromatic N) is 4. The second kappa shape index (κ2) is 9.41. The highest BCUT2D eigenvalue weighted by Gasteiger charge is 2.39. The van der Waals surface area contributed by atoms with Crippen molar-refractivity contribution in [1.29, 1.82) is 0 Å². The minimum absolute atomic E-state index is 0.268. The molecule has 0 spiro atoms. The van der Waals surface area contributed by atoms with Crippen LogP contribution in [-0.2, 0) is 6.18 Å². The second-order valence-electron chi connectivity index (χ2n) is 8.30. The van der Waals surface area contributed by atoms with Gasteiger partial charge in [0, 0.05) is 44.5 Å². The summed E-state index contributed by atoms with van der Waals surface area (Å²) in [6, 6.07) is 9.86. The van der Waals surface area contributed by atoms with Crippen LogP contribution in [0.5, 0.6) is 0 Å². The predicted molar refractivity (Wildman–Crippen MR) is 118 cm³/mol. The molecule has 2 heterocycles. The Balaban J connectivity index is 1.26. The molecule has 4 rings (SSSR count). The van der Waals surface area contributed by atoms with Crippen molar-refractivity contribution in [3.63, 3.8) is 0 Å². The van der Waals surface area contributed by atoms with Gasteiger partial charge in [-0.25, -0.2) is 0 Å². The normalized spacial score (nSPS) is 16.8. The van der Waals surface area contributed by atoms with Crippen molar-refractivity contribution in [2.75, 3.05) is 44.2 Å². The van der Waals surface area contributed by atoms with E-state index in [-0.39, 0.29) is 11.8 Å². The number of alkyl halides is 3. The highest BCUT2D eigenvalue weighted by Crippen LogP contribution is 2.38. The Kier molecular flexibility index (Phi) is 6.56. The number of fused-ring (bicyclic) bond motifs is 1. The number of piperazine rings is 1. The Morgan fingerprint density at radius 1 is 0.882 bits per heavy atom. The number of amides is 2. The van der Waals surface area contributed by atoms with E-state index in [0.717, 1.165) is 25.1 Å². The molecule has 2 aromatic carbocycles. The van der Waals surface area contributed by atoms with Crippen LogP contribution in [0, 0.1) is 10.1 Å². The first kappa shape index (κ1) is 23.7. The third-order valence-corrected chi connectivity index (χ3v) is 6.20. The first-order valence-corrected chi connectivity index (χ1v) is 10.9.